The summed E-state index contributed by atoms with van der Waals surface area (Å²) >= 11 is 0. The molecule has 108 valence electrons. The summed E-state index contributed by atoms with van der Waals surface area (Å²) in [4.78, 5) is 11.2. The summed E-state index contributed by atoms with van der Waals surface area (Å²) in [5.41, 5.74) is 5.26. The van der Waals surface area contributed by atoms with Gasteiger partial charge in [0.05, 0.1) is 23.0 Å². The Balaban J connectivity index is 2.27. The molecule has 0 radical (unpaired) electrons. The van der Waals surface area contributed by atoms with Gasteiger partial charge in [0.25, 0.3) is 0 Å². The number of ether oxygens (including phenoxy) is 1. The fraction of sp³-hybridized carbons (Fsp3) is 0.250. The number of halogens is 1. The average molecular weight is 300 g/mol. The van der Waals surface area contributed by atoms with E-state index in [1.165, 1.54) is 12.1 Å². The van der Waals surface area contributed by atoms with Crippen LogP contribution in [0.3, 0.4) is 0 Å². The molecule has 8 heteroatoms. The van der Waals surface area contributed by atoms with Gasteiger partial charge in [0.1, 0.15) is 5.82 Å². The number of carbonyl (C=O) groups excluding carboxylic acids is 1. The molecule has 0 spiro atoms. The molecule has 0 fully saturated rings. The zero-order valence-corrected chi connectivity index (χ0v) is 11.5. The Bertz CT molecular complexity index is 670. The molecular weight excluding hydrogens is 287 g/mol. The Kier molecular flexibility index (Phi) is 3.93. The summed E-state index contributed by atoms with van der Waals surface area (Å²) in [6.07, 6.45) is 0.656. The van der Waals surface area contributed by atoms with Gasteiger partial charge in [-0.3, -0.25) is 5.43 Å². The van der Waals surface area contributed by atoms with E-state index in [0.29, 0.717) is 5.70 Å². The van der Waals surface area contributed by atoms with Gasteiger partial charge in [0.2, 0.25) is 0 Å². The molecule has 0 bridgehead atoms. The Labute approximate surface area is 115 Å². The summed E-state index contributed by atoms with van der Waals surface area (Å²) in [5, 5.41) is 0. The van der Waals surface area contributed by atoms with Crippen LogP contribution in [-0.2, 0) is 14.6 Å². The first kappa shape index (κ1) is 14.3. The number of nitrogens with one attached hydrogen (secondary N) is 2. The van der Waals surface area contributed by atoms with Crippen molar-refractivity contribution in [3.8, 4) is 0 Å². The van der Waals surface area contributed by atoms with Crippen LogP contribution in [0.4, 0.5) is 9.18 Å². The minimum Gasteiger partial charge on any atom is -0.449 e. The molecule has 1 amide bonds. The number of hydrogen-bond acceptors (Lipinski definition) is 5. The lowest BCUT2D eigenvalue weighted by Gasteiger charge is -2.19. The number of benzene rings is 1. The van der Waals surface area contributed by atoms with E-state index >= 15 is 0 Å². The Morgan fingerprint density at radius 1 is 1.45 bits per heavy atom. The van der Waals surface area contributed by atoms with Crippen LogP contribution < -0.4 is 10.9 Å². The summed E-state index contributed by atoms with van der Waals surface area (Å²) < 4.78 is 41.7. The van der Waals surface area contributed by atoms with Crippen molar-refractivity contribution in [2.45, 2.75) is 11.8 Å². The number of amides is 1. The summed E-state index contributed by atoms with van der Waals surface area (Å²) in [6.45, 7) is 1.85. The highest BCUT2D eigenvalue weighted by atomic mass is 32.2. The summed E-state index contributed by atoms with van der Waals surface area (Å²) in [5.74, 6) is -0.789. The third-order valence-corrected chi connectivity index (χ3v) is 4.28. The highest BCUT2D eigenvalue weighted by Gasteiger charge is 2.25. The van der Waals surface area contributed by atoms with Gasteiger partial charge in [-0.05, 0) is 31.2 Å². The standard InChI is InChI=1S/C12H13FN2O4S/c1-2-19-12(16)15-14-10-5-6-20(17,18)11-4-3-8(13)7-9(10)11/h3-5,7,14H,2,6H2,1H3,(H,15,16). The van der Waals surface area contributed by atoms with Gasteiger partial charge in [-0.1, -0.05) is 0 Å². The van der Waals surface area contributed by atoms with Crippen molar-refractivity contribution in [2.24, 2.45) is 0 Å². The first-order valence-corrected chi connectivity index (χ1v) is 7.51. The second kappa shape index (κ2) is 5.49. The molecule has 2 N–H and O–H groups in total. The van der Waals surface area contributed by atoms with Crippen LogP contribution in [0.25, 0.3) is 5.70 Å². The quantitative estimate of drug-likeness (QED) is 0.647. The van der Waals surface area contributed by atoms with Crippen LogP contribution in [0.2, 0.25) is 0 Å². The maximum atomic E-state index is 13.3. The van der Waals surface area contributed by atoms with Crippen molar-refractivity contribution >= 4 is 21.6 Å². The summed E-state index contributed by atoms with van der Waals surface area (Å²) in [7, 11) is -3.47. The van der Waals surface area contributed by atoms with Gasteiger partial charge in [-0.2, -0.15) is 0 Å². The van der Waals surface area contributed by atoms with Crippen LogP contribution in [0.15, 0.2) is 29.2 Å². The van der Waals surface area contributed by atoms with E-state index in [9.17, 15) is 17.6 Å². The molecule has 20 heavy (non-hydrogen) atoms. The van der Waals surface area contributed by atoms with E-state index < -0.39 is 21.7 Å². The van der Waals surface area contributed by atoms with Crippen molar-refractivity contribution in [3.05, 3.63) is 35.7 Å². The molecule has 1 aliphatic heterocycles. The van der Waals surface area contributed by atoms with Gasteiger partial charge < -0.3 is 4.74 Å². The highest BCUT2D eigenvalue weighted by molar-refractivity contribution is 7.91. The average Bonchev–Trinajstić information content (AvgIpc) is 2.38. The first-order chi connectivity index (χ1) is 9.44. The molecular formula is C12H13FN2O4S. The maximum absolute atomic E-state index is 13.3. The van der Waals surface area contributed by atoms with Gasteiger partial charge in [-0.15, -0.1) is 0 Å². The number of sulfone groups is 1. The molecule has 1 heterocycles. The van der Waals surface area contributed by atoms with Crippen LogP contribution >= 0.6 is 0 Å². The molecule has 2 rings (SSSR count). The van der Waals surface area contributed by atoms with Gasteiger partial charge in [0.15, 0.2) is 9.84 Å². The van der Waals surface area contributed by atoms with Crippen molar-refractivity contribution in [1.82, 2.24) is 10.9 Å². The van der Waals surface area contributed by atoms with Gasteiger partial charge in [-0.25, -0.2) is 23.0 Å². The fourth-order valence-electron chi connectivity index (χ4n) is 1.78. The van der Waals surface area contributed by atoms with E-state index in [1.54, 1.807) is 6.92 Å². The molecule has 0 aliphatic carbocycles. The van der Waals surface area contributed by atoms with Crippen LogP contribution in [0.1, 0.15) is 12.5 Å². The van der Waals surface area contributed by atoms with E-state index in [4.69, 9.17) is 0 Å². The SMILES string of the molecule is CCOC(=O)NNC1=CCS(=O)(=O)c2ccc(F)cc21. The molecule has 1 aromatic carbocycles. The zero-order chi connectivity index (χ0) is 14.8. The van der Waals surface area contributed by atoms with Crippen molar-refractivity contribution < 1.29 is 22.3 Å². The lowest BCUT2D eigenvalue weighted by Crippen LogP contribution is -2.37. The largest absolute Gasteiger partial charge is 0.449 e. The van der Waals surface area contributed by atoms with E-state index in [2.05, 4.69) is 15.6 Å². The molecule has 0 saturated heterocycles. The fourth-order valence-corrected chi connectivity index (χ4v) is 3.13. The smallest absolute Gasteiger partial charge is 0.425 e. The van der Waals surface area contributed by atoms with Gasteiger partial charge in [0, 0.05) is 5.56 Å². The first-order valence-electron chi connectivity index (χ1n) is 5.85. The van der Waals surface area contributed by atoms with Crippen LogP contribution in [-0.4, -0.2) is 26.9 Å². The second-order valence-electron chi connectivity index (χ2n) is 4.01. The number of carbonyl (C=O) groups is 1. The number of rotatable bonds is 3. The van der Waals surface area contributed by atoms with Crippen molar-refractivity contribution in [3.63, 3.8) is 0 Å². The molecule has 0 atom stereocenters. The minimum absolute atomic E-state index is 0.0227. The lowest BCUT2D eigenvalue weighted by atomic mass is 10.1. The predicted molar refractivity (Wildman–Crippen MR) is 69.7 cm³/mol. The molecule has 0 saturated carbocycles. The number of fused-ring (bicyclic) bond motifs is 1. The monoisotopic (exact) mass is 300 g/mol. The number of hydrazine groups is 1. The third kappa shape index (κ3) is 2.90. The highest BCUT2D eigenvalue weighted by Crippen LogP contribution is 2.28. The number of hydrogen-bond donors (Lipinski definition) is 2. The Hall–Kier alpha value is -2.09. The topological polar surface area (TPSA) is 84.5 Å². The van der Waals surface area contributed by atoms with E-state index in [0.717, 1.165) is 12.1 Å². The van der Waals surface area contributed by atoms with Crippen molar-refractivity contribution in [2.75, 3.05) is 12.4 Å². The molecule has 0 aromatic heterocycles. The Morgan fingerprint density at radius 3 is 2.90 bits per heavy atom. The zero-order valence-electron chi connectivity index (χ0n) is 10.6. The minimum atomic E-state index is -3.47. The van der Waals surface area contributed by atoms with E-state index in [-0.39, 0.29) is 22.8 Å². The third-order valence-electron chi connectivity index (χ3n) is 2.65. The normalized spacial score (nSPS) is 15.8. The lowest BCUT2D eigenvalue weighted by molar-refractivity contribution is 0.149. The van der Waals surface area contributed by atoms with E-state index in [1.807, 2.05) is 0 Å². The molecule has 1 aromatic rings. The predicted octanol–water partition coefficient (Wildman–Crippen LogP) is 1.20. The summed E-state index contributed by atoms with van der Waals surface area (Å²) in [6, 6.07) is 3.38. The second-order valence-corrected chi connectivity index (χ2v) is 6.01. The van der Waals surface area contributed by atoms with Crippen LogP contribution in [0, 0.1) is 5.82 Å². The molecule has 1 aliphatic rings. The molecule has 0 unspecified atom stereocenters. The molecule has 6 nitrogen and oxygen atoms in total. The van der Waals surface area contributed by atoms with Crippen LogP contribution in [0.5, 0.6) is 0 Å². The maximum Gasteiger partial charge on any atom is 0.425 e. The van der Waals surface area contributed by atoms with Gasteiger partial charge >= 0.3 is 6.09 Å². The van der Waals surface area contributed by atoms with Crippen molar-refractivity contribution in [1.29, 1.82) is 0 Å². The Morgan fingerprint density at radius 2 is 2.20 bits per heavy atom.